The Balaban J connectivity index is 2.27. The van der Waals surface area contributed by atoms with Crippen molar-refractivity contribution in [3.63, 3.8) is 0 Å². The van der Waals surface area contributed by atoms with Gasteiger partial charge in [0.1, 0.15) is 0 Å². The Morgan fingerprint density at radius 1 is 1.27 bits per heavy atom. The van der Waals surface area contributed by atoms with Gasteiger partial charge >= 0.3 is 0 Å². The maximum atomic E-state index is 5.64. The summed E-state index contributed by atoms with van der Waals surface area (Å²) in [4.78, 5) is 0. The van der Waals surface area contributed by atoms with Gasteiger partial charge in [-0.25, -0.2) is 0 Å². The van der Waals surface area contributed by atoms with Crippen LogP contribution in [-0.4, -0.2) is 19.8 Å². The summed E-state index contributed by atoms with van der Waals surface area (Å²) in [5.41, 5.74) is 6.85. The Labute approximate surface area is 90.2 Å². The van der Waals surface area contributed by atoms with Crippen molar-refractivity contribution in [3.8, 4) is 11.5 Å². The van der Waals surface area contributed by atoms with Gasteiger partial charge in [-0.15, -0.1) is 0 Å². The van der Waals surface area contributed by atoms with E-state index in [9.17, 15) is 0 Å². The summed E-state index contributed by atoms with van der Waals surface area (Å²) in [5, 5.41) is 0. The molecule has 1 aromatic rings. The van der Waals surface area contributed by atoms with E-state index in [-0.39, 0.29) is 0 Å². The molecule has 1 aliphatic heterocycles. The molecule has 0 aliphatic carbocycles. The van der Waals surface area contributed by atoms with Crippen LogP contribution in [0.1, 0.15) is 24.8 Å². The van der Waals surface area contributed by atoms with Crippen LogP contribution >= 0.6 is 0 Å². The van der Waals surface area contributed by atoms with Crippen LogP contribution in [0.3, 0.4) is 0 Å². The number of ether oxygens (including phenoxy) is 2. The molecule has 1 atom stereocenters. The third kappa shape index (κ3) is 2.23. The van der Waals surface area contributed by atoms with Gasteiger partial charge in [0.15, 0.2) is 11.5 Å². The van der Waals surface area contributed by atoms with Crippen LogP contribution in [0.25, 0.3) is 0 Å². The predicted molar refractivity (Wildman–Crippen MR) is 59.5 cm³/mol. The lowest BCUT2D eigenvalue weighted by molar-refractivity contribution is 0.297. The minimum absolute atomic E-state index is 0.363. The fourth-order valence-corrected chi connectivity index (χ4v) is 1.62. The molecule has 3 nitrogen and oxygen atoms in total. The molecule has 15 heavy (non-hydrogen) atoms. The molecule has 0 amide bonds. The van der Waals surface area contributed by atoms with Gasteiger partial charge in [0, 0.05) is 6.42 Å². The fraction of sp³-hybridized carbons (Fsp3) is 0.500. The maximum Gasteiger partial charge on any atom is 0.161 e. The summed E-state index contributed by atoms with van der Waals surface area (Å²) in [6.45, 7) is 4.23. The second-order valence-electron chi connectivity index (χ2n) is 3.89. The minimum Gasteiger partial charge on any atom is -0.490 e. The number of hydrogen-bond acceptors (Lipinski definition) is 3. The van der Waals surface area contributed by atoms with Crippen molar-refractivity contribution in [2.45, 2.75) is 19.3 Å². The highest BCUT2D eigenvalue weighted by atomic mass is 16.5. The third-order valence-corrected chi connectivity index (χ3v) is 2.69. The second-order valence-corrected chi connectivity index (χ2v) is 3.89. The van der Waals surface area contributed by atoms with E-state index in [2.05, 4.69) is 13.0 Å². The van der Waals surface area contributed by atoms with Crippen LogP contribution < -0.4 is 15.2 Å². The van der Waals surface area contributed by atoms with Gasteiger partial charge in [0.25, 0.3) is 0 Å². The molecule has 0 saturated heterocycles. The van der Waals surface area contributed by atoms with Gasteiger partial charge in [-0.05, 0) is 30.2 Å². The first kappa shape index (κ1) is 10.3. The molecule has 0 radical (unpaired) electrons. The molecule has 0 saturated carbocycles. The lowest BCUT2D eigenvalue weighted by Crippen LogP contribution is -2.09. The molecule has 1 aliphatic rings. The average Bonchev–Trinajstić information content (AvgIpc) is 2.51. The van der Waals surface area contributed by atoms with Crippen molar-refractivity contribution in [1.82, 2.24) is 0 Å². The first-order chi connectivity index (χ1) is 7.31. The van der Waals surface area contributed by atoms with E-state index in [1.807, 2.05) is 12.1 Å². The van der Waals surface area contributed by atoms with Crippen molar-refractivity contribution in [3.05, 3.63) is 23.8 Å². The number of fused-ring (bicyclic) bond motifs is 1. The summed E-state index contributed by atoms with van der Waals surface area (Å²) in [7, 11) is 0. The normalized spacial score (nSPS) is 16.9. The highest BCUT2D eigenvalue weighted by Crippen LogP contribution is 2.32. The van der Waals surface area contributed by atoms with Gasteiger partial charge in [0.2, 0.25) is 0 Å². The molecule has 1 heterocycles. The number of benzene rings is 1. The molecule has 2 rings (SSSR count). The maximum absolute atomic E-state index is 5.64. The highest BCUT2D eigenvalue weighted by Gasteiger charge is 2.12. The first-order valence-corrected chi connectivity index (χ1v) is 5.41. The summed E-state index contributed by atoms with van der Waals surface area (Å²) in [5.74, 6) is 2.06. The van der Waals surface area contributed by atoms with Crippen LogP contribution in [0, 0.1) is 0 Å². The molecule has 0 spiro atoms. The average molecular weight is 207 g/mol. The molecule has 82 valence electrons. The van der Waals surface area contributed by atoms with Crippen LogP contribution in [0.4, 0.5) is 0 Å². The predicted octanol–water partition coefficient (Wildman–Crippen LogP) is 1.91. The topological polar surface area (TPSA) is 44.5 Å². The van der Waals surface area contributed by atoms with Gasteiger partial charge in [0.05, 0.1) is 13.2 Å². The van der Waals surface area contributed by atoms with Gasteiger partial charge in [-0.1, -0.05) is 13.0 Å². The summed E-state index contributed by atoms with van der Waals surface area (Å²) < 4.78 is 11.2. The summed E-state index contributed by atoms with van der Waals surface area (Å²) in [6.07, 6.45) is 0.941. The zero-order chi connectivity index (χ0) is 10.7. The monoisotopic (exact) mass is 207 g/mol. The van der Waals surface area contributed by atoms with Gasteiger partial charge in [-0.3, -0.25) is 0 Å². The smallest absolute Gasteiger partial charge is 0.161 e. The largest absolute Gasteiger partial charge is 0.490 e. The van der Waals surface area contributed by atoms with E-state index in [4.69, 9.17) is 15.2 Å². The van der Waals surface area contributed by atoms with Gasteiger partial charge < -0.3 is 15.2 Å². The Kier molecular flexibility index (Phi) is 3.11. The number of rotatable bonds is 2. The zero-order valence-corrected chi connectivity index (χ0v) is 9.03. The first-order valence-electron chi connectivity index (χ1n) is 5.41. The SMILES string of the molecule is C[C@H](CN)c1ccc2c(c1)OCCCO2. The van der Waals surface area contributed by atoms with Crippen molar-refractivity contribution >= 4 is 0 Å². The lowest BCUT2D eigenvalue weighted by Gasteiger charge is -2.12. The Morgan fingerprint density at radius 2 is 2.00 bits per heavy atom. The molecule has 1 aromatic carbocycles. The van der Waals surface area contributed by atoms with Crippen LogP contribution in [0.2, 0.25) is 0 Å². The third-order valence-electron chi connectivity index (χ3n) is 2.69. The van der Waals surface area contributed by atoms with Crippen LogP contribution in [-0.2, 0) is 0 Å². The van der Waals surface area contributed by atoms with Crippen molar-refractivity contribution < 1.29 is 9.47 Å². The van der Waals surface area contributed by atoms with E-state index in [0.29, 0.717) is 12.5 Å². The van der Waals surface area contributed by atoms with Crippen LogP contribution in [0.15, 0.2) is 18.2 Å². The zero-order valence-electron chi connectivity index (χ0n) is 9.03. The Morgan fingerprint density at radius 3 is 2.73 bits per heavy atom. The van der Waals surface area contributed by atoms with Crippen molar-refractivity contribution in [2.75, 3.05) is 19.8 Å². The quantitative estimate of drug-likeness (QED) is 0.805. The number of hydrogen-bond donors (Lipinski definition) is 1. The van der Waals surface area contributed by atoms with E-state index >= 15 is 0 Å². The number of nitrogens with two attached hydrogens (primary N) is 1. The Hall–Kier alpha value is -1.22. The van der Waals surface area contributed by atoms with E-state index in [1.54, 1.807) is 0 Å². The van der Waals surface area contributed by atoms with E-state index in [1.165, 1.54) is 5.56 Å². The van der Waals surface area contributed by atoms with Crippen molar-refractivity contribution in [2.24, 2.45) is 5.73 Å². The lowest BCUT2D eigenvalue weighted by atomic mass is 10.0. The van der Waals surface area contributed by atoms with Crippen molar-refractivity contribution in [1.29, 1.82) is 0 Å². The molecule has 0 aromatic heterocycles. The minimum atomic E-state index is 0.363. The molecule has 2 N–H and O–H groups in total. The molecular weight excluding hydrogens is 190 g/mol. The second kappa shape index (κ2) is 4.53. The standard InChI is InChI=1S/C12H17NO2/c1-9(8-13)10-3-4-11-12(7-10)15-6-2-5-14-11/h3-4,7,9H,2,5-6,8,13H2,1H3/t9-/m1/s1. The molecule has 0 unspecified atom stereocenters. The summed E-state index contributed by atoms with van der Waals surface area (Å²) in [6, 6.07) is 6.07. The van der Waals surface area contributed by atoms with E-state index < -0.39 is 0 Å². The molecular formula is C12H17NO2. The van der Waals surface area contributed by atoms with Gasteiger partial charge in [-0.2, -0.15) is 0 Å². The summed E-state index contributed by atoms with van der Waals surface area (Å²) >= 11 is 0. The Bertz CT molecular complexity index is 338. The molecule has 0 fully saturated rings. The highest BCUT2D eigenvalue weighted by molar-refractivity contribution is 5.44. The fourth-order valence-electron chi connectivity index (χ4n) is 1.62. The molecule has 0 bridgehead atoms. The van der Waals surface area contributed by atoms with Crippen LogP contribution in [0.5, 0.6) is 11.5 Å². The van der Waals surface area contributed by atoms with E-state index in [0.717, 1.165) is 31.1 Å². The molecule has 3 heteroatoms.